The van der Waals surface area contributed by atoms with Crippen LogP contribution in [0.1, 0.15) is 26.2 Å². The van der Waals surface area contributed by atoms with Crippen LogP contribution in [0.15, 0.2) is 30.3 Å². The first kappa shape index (κ1) is 15.0. The van der Waals surface area contributed by atoms with Crippen molar-refractivity contribution < 1.29 is 9.59 Å². The van der Waals surface area contributed by atoms with Crippen LogP contribution in [0.4, 0.5) is 15.3 Å². The number of hydrogen-bond acceptors (Lipinski definition) is 2. The van der Waals surface area contributed by atoms with Crippen LogP contribution >= 0.6 is 0 Å². The van der Waals surface area contributed by atoms with Gasteiger partial charge in [0.25, 0.3) is 0 Å². The zero-order chi connectivity index (χ0) is 14.1. The quantitative estimate of drug-likeness (QED) is 0.802. The largest absolute Gasteiger partial charge is 0.338 e. The molecule has 0 aliphatic rings. The van der Waals surface area contributed by atoms with Crippen LogP contribution in [-0.4, -0.2) is 30.6 Å². The highest BCUT2D eigenvalue weighted by Gasteiger charge is 2.15. The molecule has 0 aliphatic heterocycles. The monoisotopic (exact) mass is 263 g/mol. The van der Waals surface area contributed by atoms with Gasteiger partial charge in [0.1, 0.15) is 0 Å². The van der Waals surface area contributed by atoms with Gasteiger partial charge in [-0.3, -0.25) is 0 Å². The molecule has 0 unspecified atom stereocenters. The van der Waals surface area contributed by atoms with E-state index >= 15 is 0 Å². The summed E-state index contributed by atoms with van der Waals surface area (Å²) in [6.07, 6.45) is 3.09. The molecule has 0 saturated heterocycles. The third-order valence-electron chi connectivity index (χ3n) is 2.69. The normalized spacial score (nSPS) is 9.79. The number of anilines is 1. The van der Waals surface area contributed by atoms with Gasteiger partial charge >= 0.3 is 12.1 Å². The Labute approximate surface area is 114 Å². The maximum Gasteiger partial charge on any atom is 0.329 e. The lowest BCUT2D eigenvalue weighted by atomic mass is 10.2. The molecule has 0 spiro atoms. The molecule has 1 rings (SSSR count). The van der Waals surface area contributed by atoms with Crippen molar-refractivity contribution in [3.05, 3.63) is 30.3 Å². The number of nitrogens with zero attached hydrogens (tertiary/aromatic N) is 1. The van der Waals surface area contributed by atoms with Crippen LogP contribution in [0.2, 0.25) is 0 Å². The van der Waals surface area contributed by atoms with Crippen molar-refractivity contribution in [1.29, 1.82) is 0 Å². The highest BCUT2D eigenvalue weighted by atomic mass is 16.2. The average molecular weight is 263 g/mol. The van der Waals surface area contributed by atoms with Gasteiger partial charge < -0.3 is 10.6 Å². The Kier molecular flexibility index (Phi) is 6.43. The summed E-state index contributed by atoms with van der Waals surface area (Å²) in [5, 5.41) is 5.36. The fraction of sp³-hybridized carbons (Fsp3) is 0.429. The highest BCUT2D eigenvalue weighted by Crippen LogP contribution is 2.05. The second-order valence-corrected chi connectivity index (χ2v) is 4.29. The molecule has 0 radical (unpaired) electrons. The maximum absolute atomic E-state index is 11.8. The number of unbranched alkanes of at least 4 members (excludes halogenated alkanes) is 2. The van der Waals surface area contributed by atoms with Crippen molar-refractivity contribution in [1.82, 2.24) is 10.2 Å². The van der Waals surface area contributed by atoms with Gasteiger partial charge in [0.15, 0.2) is 0 Å². The lowest BCUT2D eigenvalue weighted by molar-refractivity contribution is 0.202. The lowest BCUT2D eigenvalue weighted by Crippen LogP contribution is -2.43. The summed E-state index contributed by atoms with van der Waals surface area (Å²) in [6, 6.07) is 8.21. The minimum Gasteiger partial charge on any atom is -0.338 e. The summed E-state index contributed by atoms with van der Waals surface area (Å²) < 4.78 is 0. The fourth-order valence-electron chi connectivity index (χ4n) is 1.51. The van der Waals surface area contributed by atoms with Crippen LogP contribution in [-0.2, 0) is 0 Å². The van der Waals surface area contributed by atoms with Gasteiger partial charge in [-0.2, -0.15) is 0 Å². The Morgan fingerprint density at radius 2 is 1.79 bits per heavy atom. The molecule has 104 valence electrons. The van der Waals surface area contributed by atoms with Gasteiger partial charge in [-0.05, 0) is 18.6 Å². The Hall–Kier alpha value is -2.04. The number of hydrogen-bond donors (Lipinski definition) is 2. The van der Waals surface area contributed by atoms with E-state index in [2.05, 4.69) is 17.6 Å². The lowest BCUT2D eigenvalue weighted by Gasteiger charge is -2.17. The van der Waals surface area contributed by atoms with E-state index in [4.69, 9.17) is 0 Å². The van der Waals surface area contributed by atoms with E-state index in [1.807, 2.05) is 18.2 Å². The number of benzene rings is 1. The summed E-state index contributed by atoms with van der Waals surface area (Å²) in [7, 11) is 1.45. The Morgan fingerprint density at radius 1 is 1.11 bits per heavy atom. The summed E-state index contributed by atoms with van der Waals surface area (Å²) in [6.45, 7) is 2.69. The van der Waals surface area contributed by atoms with Crippen LogP contribution < -0.4 is 10.6 Å². The minimum atomic E-state index is -0.445. The molecule has 0 aromatic heterocycles. The Bertz CT molecular complexity index is 406. The molecule has 0 saturated carbocycles. The summed E-state index contributed by atoms with van der Waals surface area (Å²) in [5.74, 6) is 0. The summed E-state index contributed by atoms with van der Waals surface area (Å²) in [4.78, 5) is 24.5. The van der Waals surface area contributed by atoms with E-state index in [0.29, 0.717) is 12.2 Å². The zero-order valence-electron chi connectivity index (χ0n) is 11.5. The summed E-state index contributed by atoms with van der Waals surface area (Å²) in [5.41, 5.74) is 0.665. The molecule has 0 bridgehead atoms. The van der Waals surface area contributed by atoms with E-state index in [-0.39, 0.29) is 6.03 Å². The van der Waals surface area contributed by atoms with E-state index in [1.165, 1.54) is 7.05 Å². The first-order chi connectivity index (χ1) is 9.15. The second-order valence-electron chi connectivity index (χ2n) is 4.29. The number of urea groups is 2. The average Bonchev–Trinajstić information content (AvgIpc) is 2.43. The number of para-hydroxylation sites is 1. The molecule has 2 N–H and O–H groups in total. The number of rotatable bonds is 5. The molecule has 19 heavy (non-hydrogen) atoms. The second kappa shape index (κ2) is 8.13. The van der Waals surface area contributed by atoms with Gasteiger partial charge in [0.05, 0.1) is 0 Å². The number of imide groups is 1. The third-order valence-corrected chi connectivity index (χ3v) is 2.69. The minimum absolute atomic E-state index is 0.385. The van der Waals surface area contributed by atoms with Crippen LogP contribution in [0.25, 0.3) is 0 Å². The van der Waals surface area contributed by atoms with E-state index in [1.54, 1.807) is 12.1 Å². The van der Waals surface area contributed by atoms with Gasteiger partial charge in [-0.25, -0.2) is 14.5 Å². The van der Waals surface area contributed by atoms with E-state index in [0.717, 1.165) is 24.2 Å². The van der Waals surface area contributed by atoms with Crippen molar-refractivity contribution in [2.45, 2.75) is 26.2 Å². The molecule has 0 heterocycles. The van der Waals surface area contributed by atoms with Gasteiger partial charge in [0, 0.05) is 19.3 Å². The van der Waals surface area contributed by atoms with Crippen LogP contribution in [0.3, 0.4) is 0 Å². The van der Waals surface area contributed by atoms with Crippen molar-refractivity contribution in [2.75, 3.05) is 18.9 Å². The zero-order valence-corrected chi connectivity index (χ0v) is 11.5. The highest BCUT2D eigenvalue weighted by molar-refractivity contribution is 6.00. The molecular weight excluding hydrogens is 242 g/mol. The van der Waals surface area contributed by atoms with Crippen molar-refractivity contribution >= 4 is 17.7 Å². The smallest absolute Gasteiger partial charge is 0.329 e. The fourth-order valence-corrected chi connectivity index (χ4v) is 1.51. The molecule has 1 aromatic carbocycles. The van der Waals surface area contributed by atoms with Crippen molar-refractivity contribution in [3.63, 3.8) is 0 Å². The molecule has 0 aliphatic carbocycles. The summed E-state index contributed by atoms with van der Waals surface area (Å²) >= 11 is 0. The van der Waals surface area contributed by atoms with E-state index < -0.39 is 6.03 Å². The number of carbonyl (C=O) groups is 2. The molecule has 5 nitrogen and oxygen atoms in total. The number of carbonyl (C=O) groups excluding carboxylic acids is 2. The van der Waals surface area contributed by atoms with Gasteiger partial charge in [0.2, 0.25) is 0 Å². The number of amides is 4. The molecular formula is C14H21N3O2. The van der Waals surface area contributed by atoms with Crippen molar-refractivity contribution in [3.8, 4) is 0 Å². The van der Waals surface area contributed by atoms with Crippen LogP contribution in [0.5, 0.6) is 0 Å². The van der Waals surface area contributed by atoms with E-state index in [9.17, 15) is 9.59 Å². The first-order valence-corrected chi connectivity index (χ1v) is 6.52. The standard InChI is InChI=1S/C14H21N3O2/c1-3-4-8-11-15-13(18)17(2)14(19)16-12-9-6-5-7-10-12/h5-7,9-10H,3-4,8,11H2,1-2H3,(H,15,18)(H,16,19). The predicted molar refractivity (Wildman–Crippen MR) is 76.1 cm³/mol. The molecule has 4 amide bonds. The van der Waals surface area contributed by atoms with Gasteiger partial charge in [-0.15, -0.1) is 0 Å². The number of nitrogens with one attached hydrogen (secondary N) is 2. The molecule has 1 aromatic rings. The maximum atomic E-state index is 11.8. The molecule has 0 fully saturated rings. The third kappa shape index (κ3) is 5.42. The predicted octanol–water partition coefficient (Wildman–Crippen LogP) is 3.05. The Morgan fingerprint density at radius 3 is 2.42 bits per heavy atom. The SMILES string of the molecule is CCCCCNC(=O)N(C)C(=O)Nc1ccccc1. The Balaban J connectivity index is 2.37. The molecule has 0 atom stereocenters. The first-order valence-electron chi connectivity index (χ1n) is 6.52. The molecule has 5 heteroatoms. The topological polar surface area (TPSA) is 61.4 Å². The van der Waals surface area contributed by atoms with Crippen LogP contribution in [0, 0.1) is 0 Å². The van der Waals surface area contributed by atoms with Crippen molar-refractivity contribution in [2.24, 2.45) is 0 Å². The van der Waals surface area contributed by atoms with Gasteiger partial charge in [-0.1, -0.05) is 38.0 Å².